The third-order valence-corrected chi connectivity index (χ3v) is 11.6. The summed E-state index contributed by atoms with van der Waals surface area (Å²) in [6, 6.07) is 14.0. The van der Waals surface area contributed by atoms with Gasteiger partial charge in [0.15, 0.2) is 0 Å². The molecule has 0 spiro atoms. The molecule has 57 heavy (non-hydrogen) atoms. The predicted octanol–water partition coefficient (Wildman–Crippen LogP) is 9.14. The van der Waals surface area contributed by atoms with Crippen molar-refractivity contribution >= 4 is 52.3 Å². The summed E-state index contributed by atoms with van der Waals surface area (Å²) >= 11 is 7.07. The molecule has 0 unspecified atom stereocenters. The van der Waals surface area contributed by atoms with Crippen LogP contribution in [-0.4, -0.2) is 71.3 Å². The van der Waals surface area contributed by atoms with Crippen LogP contribution in [0.5, 0.6) is 17.2 Å². The van der Waals surface area contributed by atoms with E-state index in [4.69, 9.17) is 40.3 Å². The molecule has 306 valence electrons. The average Bonchev–Trinajstić information content (AvgIpc) is 3.93. The monoisotopic (exact) mass is 818 g/mol. The quantitative estimate of drug-likeness (QED) is 0.0725. The van der Waals surface area contributed by atoms with E-state index in [-0.39, 0.29) is 30.6 Å². The van der Waals surface area contributed by atoms with Gasteiger partial charge in [0.25, 0.3) is 5.91 Å². The molecule has 2 amide bonds. The van der Waals surface area contributed by atoms with Gasteiger partial charge in [0, 0.05) is 24.6 Å². The first-order valence-electron chi connectivity index (χ1n) is 19.6. The van der Waals surface area contributed by atoms with E-state index in [2.05, 4.69) is 5.32 Å². The number of hydrogen-bond donors (Lipinski definition) is 1. The highest BCUT2D eigenvalue weighted by Crippen LogP contribution is 2.49. The van der Waals surface area contributed by atoms with Gasteiger partial charge in [-0.2, -0.15) is 0 Å². The van der Waals surface area contributed by atoms with E-state index in [0.717, 1.165) is 24.0 Å². The van der Waals surface area contributed by atoms with Crippen LogP contribution in [0.4, 0.5) is 4.79 Å². The first-order chi connectivity index (χ1) is 27.0. The lowest BCUT2D eigenvalue weighted by Crippen LogP contribution is -2.45. The van der Waals surface area contributed by atoms with E-state index >= 15 is 0 Å². The molecule has 0 radical (unpaired) electrons. The Hall–Kier alpha value is -4.49. The average molecular weight is 819 g/mol. The van der Waals surface area contributed by atoms with E-state index in [1.54, 1.807) is 47.1 Å². The van der Waals surface area contributed by atoms with E-state index < -0.39 is 23.7 Å². The van der Waals surface area contributed by atoms with Crippen molar-refractivity contribution in [2.75, 3.05) is 20.8 Å². The lowest BCUT2D eigenvalue weighted by molar-refractivity contribution is -0.146. The molecule has 1 saturated heterocycles. The minimum atomic E-state index is -0.995. The van der Waals surface area contributed by atoms with Gasteiger partial charge in [-0.1, -0.05) is 42.5 Å². The summed E-state index contributed by atoms with van der Waals surface area (Å²) in [7, 11) is 3.17. The minimum Gasteiger partial charge on any atom is -0.497 e. The number of nitrogens with zero attached hydrogens (tertiary/aromatic N) is 1. The fraction of sp³-hybridized carbons (Fsp3) is 0.500. The summed E-state index contributed by atoms with van der Waals surface area (Å²) in [6.45, 7) is 11.3. The second-order valence-electron chi connectivity index (χ2n) is 16.9. The van der Waals surface area contributed by atoms with Crippen molar-refractivity contribution in [2.45, 2.75) is 110 Å². The van der Waals surface area contributed by atoms with Crippen molar-refractivity contribution in [3.05, 3.63) is 70.3 Å². The number of esters is 1. The third-order valence-electron chi connectivity index (χ3n) is 10.2. The first-order valence-corrected chi connectivity index (χ1v) is 20.8. The van der Waals surface area contributed by atoms with Gasteiger partial charge in [-0.3, -0.25) is 9.69 Å². The third kappa shape index (κ3) is 10.7. The standard InChI is InChI=1S/C44H54N2O9S2/c1-43(2,3)54-30-15-12-26(13-16-30)21-33(45-41(49)55-44(4,5)6)40(48)52-19-9-10-29-23-37(32-18-17-31(50-7)24-36(32)51-8)53-35(29)25-38-39(47)46(42(56)57-38)34-22-27-11-14-28(34)20-27/h12-13,15-18,23-25,27-28,33-34H,9-11,14,19-22H2,1-8H3,(H,45,49)/b38-25-/t27-,28-,33-,34-/m0/s1. The summed E-state index contributed by atoms with van der Waals surface area (Å²) in [5, 5.41) is 2.70. The number of furan rings is 1. The van der Waals surface area contributed by atoms with Crippen LogP contribution in [0.2, 0.25) is 0 Å². The van der Waals surface area contributed by atoms with E-state index in [9.17, 15) is 14.4 Å². The lowest BCUT2D eigenvalue weighted by Gasteiger charge is -2.30. The smallest absolute Gasteiger partial charge is 0.408 e. The molecule has 2 saturated carbocycles. The maximum Gasteiger partial charge on any atom is 0.408 e. The summed E-state index contributed by atoms with van der Waals surface area (Å²) in [4.78, 5) is 42.6. The number of nitrogens with one attached hydrogen (secondary N) is 1. The Bertz CT molecular complexity index is 1990. The predicted molar refractivity (Wildman–Crippen MR) is 224 cm³/mol. The molecule has 1 aliphatic heterocycles. The number of carbonyl (C=O) groups is 3. The van der Waals surface area contributed by atoms with Gasteiger partial charge in [0.05, 0.1) is 31.3 Å². The zero-order valence-corrected chi connectivity index (χ0v) is 35.7. The van der Waals surface area contributed by atoms with Crippen molar-refractivity contribution in [3.8, 4) is 28.6 Å². The molecule has 3 fully saturated rings. The topological polar surface area (TPSA) is 126 Å². The van der Waals surface area contributed by atoms with Crippen LogP contribution in [0.3, 0.4) is 0 Å². The van der Waals surface area contributed by atoms with Gasteiger partial charge >= 0.3 is 12.1 Å². The Labute approximate surface area is 345 Å². The number of hydrogen-bond acceptors (Lipinski definition) is 11. The molecule has 1 aromatic heterocycles. The number of benzene rings is 2. The number of amides is 2. The molecule has 2 aromatic carbocycles. The van der Waals surface area contributed by atoms with Crippen molar-refractivity contribution in [3.63, 3.8) is 0 Å². The van der Waals surface area contributed by atoms with Crippen molar-refractivity contribution in [1.82, 2.24) is 10.2 Å². The number of carbonyl (C=O) groups excluding carboxylic acids is 3. The van der Waals surface area contributed by atoms with Crippen LogP contribution in [-0.2, 0) is 31.9 Å². The van der Waals surface area contributed by atoms with E-state index in [1.165, 1.54) is 24.6 Å². The van der Waals surface area contributed by atoms with Crippen LogP contribution in [0, 0.1) is 11.8 Å². The number of fused-ring (bicyclic) bond motifs is 2. The fourth-order valence-corrected chi connectivity index (χ4v) is 9.11. The maximum atomic E-state index is 13.9. The normalized spacial score (nSPS) is 20.5. The molecular weight excluding hydrogens is 765 g/mol. The highest BCUT2D eigenvalue weighted by atomic mass is 32.2. The first kappa shape index (κ1) is 42.1. The van der Waals surface area contributed by atoms with E-state index in [1.807, 2.05) is 68.1 Å². The summed E-state index contributed by atoms with van der Waals surface area (Å²) in [6.07, 6.45) is 6.71. The second-order valence-corrected chi connectivity index (χ2v) is 18.6. The lowest BCUT2D eigenvalue weighted by atomic mass is 9.94. The number of ether oxygens (including phenoxy) is 5. The van der Waals surface area contributed by atoms with Crippen molar-refractivity contribution in [2.24, 2.45) is 11.8 Å². The maximum absolute atomic E-state index is 13.9. The highest BCUT2D eigenvalue weighted by molar-refractivity contribution is 8.26. The minimum absolute atomic E-state index is 0.0713. The SMILES string of the molecule is COc1ccc(-c2cc(CCCOC(=O)[C@H](Cc3ccc(OC(C)(C)C)cc3)NC(=O)OC(C)(C)C)c(/C=C3\SC(=S)N([C@H]4C[C@H]5CC[C@H]4C5)C3=O)o2)c(OC)c1. The van der Waals surface area contributed by atoms with Gasteiger partial charge < -0.3 is 33.4 Å². The Morgan fingerprint density at radius 3 is 2.35 bits per heavy atom. The Morgan fingerprint density at radius 2 is 1.72 bits per heavy atom. The number of rotatable bonds is 14. The highest BCUT2D eigenvalue weighted by Gasteiger charge is 2.48. The van der Waals surface area contributed by atoms with Crippen LogP contribution >= 0.6 is 24.0 Å². The van der Waals surface area contributed by atoms with Crippen LogP contribution in [0.25, 0.3) is 17.4 Å². The zero-order valence-electron chi connectivity index (χ0n) is 34.1. The van der Waals surface area contributed by atoms with Gasteiger partial charge in [-0.15, -0.1) is 0 Å². The molecule has 2 aliphatic carbocycles. The van der Waals surface area contributed by atoms with Crippen LogP contribution in [0.15, 0.2) is 57.9 Å². The summed E-state index contributed by atoms with van der Waals surface area (Å²) in [5.74, 6) is 3.48. The summed E-state index contributed by atoms with van der Waals surface area (Å²) in [5.41, 5.74) is 1.24. The Kier molecular flexibility index (Phi) is 13.0. The molecule has 4 atom stereocenters. The number of thiocarbonyl (C=S) groups is 1. The van der Waals surface area contributed by atoms with E-state index in [0.29, 0.717) is 68.2 Å². The Balaban J connectivity index is 1.18. The molecule has 3 aromatic rings. The van der Waals surface area contributed by atoms with Crippen LogP contribution in [0.1, 0.15) is 90.5 Å². The van der Waals surface area contributed by atoms with Crippen molar-refractivity contribution in [1.29, 1.82) is 0 Å². The van der Waals surface area contributed by atoms with Crippen molar-refractivity contribution < 1.29 is 42.5 Å². The zero-order chi connectivity index (χ0) is 41.1. The largest absolute Gasteiger partial charge is 0.497 e. The van der Waals surface area contributed by atoms with Crippen LogP contribution < -0.4 is 19.5 Å². The van der Waals surface area contributed by atoms with Gasteiger partial charge in [0.2, 0.25) is 0 Å². The molecule has 2 heterocycles. The van der Waals surface area contributed by atoms with Gasteiger partial charge in [-0.25, -0.2) is 9.59 Å². The molecular formula is C44H54N2O9S2. The number of alkyl carbamates (subject to hydrolysis) is 1. The van der Waals surface area contributed by atoms with Gasteiger partial charge in [-0.05, 0) is 127 Å². The Morgan fingerprint density at radius 1 is 0.982 bits per heavy atom. The molecule has 2 bridgehead atoms. The molecule has 6 rings (SSSR count). The number of aryl methyl sites for hydroxylation is 1. The molecule has 13 heteroatoms. The summed E-state index contributed by atoms with van der Waals surface area (Å²) < 4.78 is 35.3. The molecule has 3 aliphatic rings. The fourth-order valence-electron chi connectivity index (χ4n) is 7.77. The molecule has 1 N–H and O–H groups in total. The number of methoxy groups -OCH3 is 2. The molecule has 11 nitrogen and oxygen atoms in total. The van der Waals surface area contributed by atoms with Gasteiger partial charge in [0.1, 0.15) is 50.3 Å². The second kappa shape index (κ2) is 17.6. The number of thioether (sulfide) groups is 1.